The van der Waals surface area contributed by atoms with E-state index >= 15 is 0 Å². The van der Waals surface area contributed by atoms with Crippen molar-refractivity contribution in [3.05, 3.63) is 28.8 Å². The van der Waals surface area contributed by atoms with Gasteiger partial charge in [-0.25, -0.2) is 0 Å². The van der Waals surface area contributed by atoms with E-state index < -0.39 is 0 Å². The summed E-state index contributed by atoms with van der Waals surface area (Å²) in [6, 6.07) is 4.23. The minimum atomic E-state index is 0.0553. The first-order chi connectivity index (χ1) is 8.02. The molecule has 0 fully saturated rings. The molecule has 0 bridgehead atoms. The van der Waals surface area contributed by atoms with Gasteiger partial charge in [0.1, 0.15) is 0 Å². The van der Waals surface area contributed by atoms with Crippen LogP contribution in [0.4, 0.5) is 5.69 Å². The van der Waals surface area contributed by atoms with E-state index in [1.165, 1.54) is 0 Å². The van der Waals surface area contributed by atoms with Crippen molar-refractivity contribution < 1.29 is 4.79 Å². The van der Waals surface area contributed by atoms with Gasteiger partial charge in [0.2, 0.25) is 5.91 Å². The number of nitrogens with one attached hydrogen (secondary N) is 1. The minimum Gasteiger partial charge on any atom is -0.325 e. The normalized spacial score (nSPS) is 17.5. The Morgan fingerprint density at radius 2 is 2.18 bits per heavy atom. The van der Waals surface area contributed by atoms with Crippen molar-refractivity contribution in [2.75, 3.05) is 5.32 Å². The molecule has 2 unspecified atom stereocenters. The molecule has 3 nitrogen and oxygen atoms in total. The maximum atomic E-state index is 11.4. The van der Waals surface area contributed by atoms with E-state index in [0.29, 0.717) is 12.3 Å². The molecule has 92 valence electrons. The van der Waals surface area contributed by atoms with Crippen molar-refractivity contribution >= 4 is 11.6 Å². The quantitative estimate of drug-likeness (QED) is 0.841. The Kier molecular flexibility index (Phi) is 3.20. The van der Waals surface area contributed by atoms with E-state index in [2.05, 4.69) is 31.3 Å². The predicted octanol–water partition coefficient (Wildman–Crippen LogP) is 2.54. The van der Waals surface area contributed by atoms with Crippen molar-refractivity contribution in [2.24, 2.45) is 11.7 Å². The summed E-state index contributed by atoms with van der Waals surface area (Å²) in [5.74, 6) is 0.537. The third-order valence-electron chi connectivity index (χ3n) is 3.70. The summed E-state index contributed by atoms with van der Waals surface area (Å²) < 4.78 is 0. The van der Waals surface area contributed by atoms with E-state index in [4.69, 9.17) is 5.73 Å². The summed E-state index contributed by atoms with van der Waals surface area (Å²) in [7, 11) is 0. The van der Waals surface area contributed by atoms with Gasteiger partial charge in [0.25, 0.3) is 0 Å². The summed E-state index contributed by atoms with van der Waals surface area (Å²) in [6.07, 6.45) is 1.55. The Morgan fingerprint density at radius 3 is 2.82 bits per heavy atom. The van der Waals surface area contributed by atoms with Gasteiger partial charge in [-0.3, -0.25) is 4.79 Å². The highest BCUT2D eigenvalue weighted by molar-refractivity contribution is 6.00. The molecule has 0 spiro atoms. The first kappa shape index (κ1) is 12.1. The minimum absolute atomic E-state index is 0.0553. The van der Waals surface area contributed by atoms with Gasteiger partial charge in [-0.15, -0.1) is 0 Å². The first-order valence-electron chi connectivity index (χ1n) is 6.21. The van der Waals surface area contributed by atoms with Crippen LogP contribution in [0.2, 0.25) is 0 Å². The molecular weight excluding hydrogens is 212 g/mol. The fourth-order valence-corrected chi connectivity index (χ4v) is 2.34. The van der Waals surface area contributed by atoms with Crippen LogP contribution >= 0.6 is 0 Å². The summed E-state index contributed by atoms with van der Waals surface area (Å²) >= 11 is 0. The number of nitrogens with two attached hydrogens (primary N) is 1. The summed E-state index contributed by atoms with van der Waals surface area (Å²) in [4.78, 5) is 11.4. The van der Waals surface area contributed by atoms with Crippen LogP contribution in [0.15, 0.2) is 12.1 Å². The second-order valence-corrected chi connectivity index (χ2v) is 5.01. The Bertz CT molecular complexity index is 454. The molecule has 1 aromatic rings. The molecule has 17 heavy (non-hydrogen) atoms. The van der Waals surface area contributed by atoms with E-state index in [9.17, 15) is 4.79 Å². The molecule has 0 aromatic heterocycles. The van der Waals surface area contributed by atoms with Gasteiger partial charge in [-0.05, 0) is 29.5 Å². The number of carbonyl (C=O) groups is 1. The van der Waals surface area contributed by atoms with Gasteiger partial charge in [-0.1, -0.05) is 32.4 Å². The smallest absolute Gasteiger partial charge is 0.228 e. The number of aryl methyl sites for hydroxylation is 1. The second kappa shape index (κ2) is 4.49. The number of amides is 1. The van der Waals surface area contributed by atoms with Crippen molar-refractivity contribution in [3.63, 3.8) is 0 Å². The third-order valence-corrected chi connectivity index (χ3v) is 3.70. The summed E-state index contributed by atoms with van der Waals surface area (Å²) in [5, 5.41) is 2.90. The van der Waals surface area contributed by atoms with E-state index in [1.807, 2.05) is 6.92 Å². The molecule has 0 aliphatic carbocycles. The Balaban J connectivity index is 2.36. The Labute approximate surface area is 102 Å². The Morgan fingerprint density at radius 1 is 1.47 bits per heavy atom. The van der Waals surface area contributed by atoms with Crippen LogP contribution in [0.3, 0.4) is 0 Å². The molecule has 1 heterocycles. The van der Waals surface area contributed by atoms with Gasteiger partial charge >= 0.3 is 0 Å². The largest absolute Gasteiger partial charge is 0.325 e. The number of fused-ring (bicyclic) bond motifs is 1. The molecule has 0 radical (unpaired) electrons. The first-order valence-corrected chi connectivity index (χ1v) is 6.21. The number of hydrogen-bond acceptors (Lipinski definition) is 2. The number of anilines is 1. The topological polar surface area (TPSA) is 55.1 Å². The average Bonchev–Trinajstić information content (AvgIpc) is 2.68. The zero-order valence-electron chi connectivity index (χ0n) is 10.7. The maximum absolute atomic E-state index is 11.4. The third kappa shape index (κ3) is 2.20. The van der Waals surface area contributed by atoms with Gasteiger partial charge in [0.15, 0.2) is 0 Å². The zero-order chi connectivity index (χ0) is 12.6. The molecule has 1 aliphatic heterocycles. The lowest BCUT2D eigenvalue weighted by Gasteiger charge is -2.20. The molecule has 1 aliphatic rings. The molecule has 0 saturated heterocycles. The summed E-state index contributed by atoms with van der Waals surface area (Å²) in [6.45, 7) is 6.34. The highest BCUT2D eigenvalue weighted by Crippen LogP contribution is 2.32. The van der Waals surface area contributed by atoms with E-state index in [1.54, 1.807) is 0 Å². The highest BCUT2D eigenvalue weighted by atomic mass is 16.1. The van der Waals surface area contributed by atoms with E-state index in [-0.39, 0.29) is 11.9 Å². The van der Waals surface area contributed by atoms with Gasteiger partial charge in [0.05, 0.1) is 6.42 Å². The summed E-state index contributed by atoms with van der Waals surface area (Å²) in [5.41, 5.74) is 10.6. The van der Waals surface area contributed by atoms with Crippen molar-refractivity contribution in [1.29, 1.82) is 0 Å². The fourth-order valence-electron chi connectivity index (χ4n) is 2.34. The van der Waals surface area contributed by atoms with Crippen molar-refractivity contribution in [2.45, 2.75) is 39.7 Å². The monoisotopic (exact) mass is 232 g/mol. The van der Waals surface area contributed by atoms with Crippen LogP contribution in [0.5, 0.6) is 0 Å². The average molecular weight is 232 g/mol. The number of carbonyl (C=O) groups excluding carboxylic acids is 1. The molecule has 2 atom stereocenters. The van der Waals surface area contributed by atoms with E-state index in [0.717, 1.165) is 28.8 Å². The molecule has 2 rings (SSSR count). The lowest BCUT2D eigenvalue weighted by atomic mass is 9.90. The second-order valence-electron chi connectivity index (χ2n) is 5.01. The standard InChI is InChI=1S/C14H20N2O/c1-4-8(2)13(15)10-5-9(3)14-11(6-10)7-12(17)16-14/h5-6,8,13H,4,7,15H2,1-3H3,(H,16,17). The molecular formula is C14H20N2O. The predicted molar refractivity (Wildman–Crippen MR) is 69.9 cm³/mol. The lowest BCUT2D eigenvalue weighted by molar-refractivity contribution is -0.115. The number of benzene rings is 1. The SMILES string of the molecule is CCC(C)C(N)c1cc(C)c2c(c1)CC(=O)N2. The highest BCUT2D eigenvalue weighted by Gasteiger charge is 2.22. The maximum Gasteiger partial charge on any atom is 0.228 e. The van der Waals surface area contributed by atoms with Crippen LogP contribution in [-0.4, -0.2) is 5.91 Å². The van der Waals surface area contributed by atoms with Crippen LogP contribution in [0.1, 0.15) is 43.0 Å². The fraction of sp³-hybridized carbons (Fsp3) is 0.500. The number of hydrogen-bond donors (Lipinski definition) is 2. The molecule has 0 saturated carbocycles. The number of rotatable bonds is 3. The van der Waals surface area contributed by atoms with Gasteiger partial charge in [-0.2, -0.15) is 0 Å². The van der Waals surface area contributed by atoms with Gasteiger partial charge in [0, 0.05) is 11.7 Å². The van der Waals surface area contributed by atoms with Crippen molar-refractivity contribution in [3.8, 4) is 0 Å². The zero-order valence-corrected chi connectivity index (χ0v) is 10.7. The molecule has 1 aromatic carbocycles. The van der Waals surface area contributed by atoms with Crippen LogP contribution in [-0.2, 0) is 11.2 Å². The lowest BCUT2D eigenvalue weighted by Crippen LogP contribution is -2.18. The van der Waals surface area contributed by atoms with Crippen molar-refractivity contribution in [1.82, 2.24) is 0 Å². The molecule has 3 heteroatoms. The molecule has 1 amide bonds. The Hall–Kier alpha value is -1.35. The van der Waals surface area contributed by atoms with Gasteiger partial charge < -0.3 is 11.1 Å². The van der Waals surface area contributed by atoms with Crippen LogP contribution in [0.25, 0.3) is 0 Å². The van der Waals surface area contributed by atoms with Crippen LogP contribution in [0, 0.1) is 12.8 Å². The van der Waals surface area contributed by atoms with Crippen LogP contribution < -0.4 is 11.1 Å². The molecule has 3 N–H and O–H groups in total.